The van der Waals surface area contributed by atoms with Crippen molar-refractivity contribution in [1.29, 1.82) is 0 Å². The van der Waals surface area contributed by atoms with Crippen molar-refractivity contribution in [3.63, 3.8) is 0 Å². The minimum Gasteiger partial charge on any atom is -0.460 e. The van der Waals surface area contributed by atoms with E-state index in [-0.39, 0.29) is 19.8 Å². The van der Waals surface area contributed by atoms with Gasteiger partial charge in [0.05, 0.1) is 6.42 Å². The molecule has 24 heavy (non-hydrogen) atoms. The number of hydrogen-bond acceptors (Lipinski definition) is 6. The topological polar surface area (TPSA) is 82.1 Å². The van der Waals surface area contributed by atoms with Crippen molar-refractivity contribution in [1.82, 2.24) is 4.90 Å². The zero-order valence-corrected chi connectivity index (χ0v) is 14.0. The molecule has 2 rings (SSSR count). The Kier molecular flexibility index (Phi) is 5.43. The van der Waals surface area contributed by atoms with Crippen LogP contribution in [0.1, 0.15) is 32.8 Å². The first-order chi connectivity index (χ1) is 11.3. The van der Waals surface area contributed by atoms with Crippen molar-refractivity contribution in [2.75, 3.05) is 6.73 Å². The highest BCUT2D eigenvalue weighted by atomic mass is 16.6. The van der Waals surface area contributed by atoms with E-state index in [4.69, 9.17) is 14.2 Å². The highest BCUT2D eigenvalue weighted by molar-refractivity contribution is 5.88. The van der Waals surface area contributed by atoms with Crippen molar-refractivity contribution < 1.29 is 28.6 Å². The van der Waals surface area contributed by atoms with E-state index in [9.17, 15) is 14.4 Å². The summed E-state index contributed by atoms with van der Waals surface area (Å²) in [7, 11) is 0. The van der Waals surface area contributed by atoms with Gasteiger partial charge in [-0.1, -0.05) is 30.3 Å². The Hall–Kier alpha value is -2.57. The highest BCUT2D eigenvalue weighted by Gasteiger charge is 2.41. The zero-order valence-electron chi connectivity index (χ0n) is 14.0. The molecule has 0 saturated carbocycles. The summed E-state index contributed by atoms with van der Waals surface area (Å²) in [5.41, 5.74) is 0.152. The summed E-state index contributed by atoms with van der Waals surface area (Å²) < 4.78 is 15.2. The Morgan fingerprint density at radius 2 is 1.92 bits per heavy atom. The first kappa shape index (κ1) is 17.8. The van der Waals surface area contributed by atoms with Crippen molar-refractivity contribution >= 4 is 18.0 Å². The summed E-state index contributed by atoms with van der Waals surface area (Å²) >= 11 is 0. The summed E-state index contributed by atoms with van der Waals surface area (Å²) in [6.07, 6.45) is -0.977. The average molecular weight is 335 g/mol. The fraction of sp³-hybridized carbons (Fsp3) is 0.471. The van der Waals surface area contributed by atoms with Crippen LogP contribution in [-0.4, -0.2) is 41.3 Å². The van der Waals surface area contributed by atoms with Gasteiger partial charge in [-0.3, -0.25) is 9.69 Å². The minimum absolute atomic E-state index is 0.0729. The number of carbonyl (C=O) groups is 3. The summed E-state index contributed by atoms with van der Waals surface area (Å²) in [5, 5.41) is 0. The molecule has 0 aliphatic carbocycles. The van der Waals surface area contributed by atoms with Crippen LogP contribution < -0.4 is 0 Å². The van der Waals surface area contributed by atoms with E-state index in [1.54, 1.807) is 20.8 Å². The Morgan fingerprint density at radius 3 is 2.54 bits per heavy atom. The largest absolute Gasteiger partial charge is 0.460 e. The molecule has 1 heterocycles. The molecule has 1 aromatic carbocycles. The van der Waals surface area contributed by atoms with Crippen LogP contribution >= 0.6 is 0 Å². The molecule has 0 N–H and O–H groups in total. The van der Waals surface area contributed by atoms with Gasteiger partial charge in [-0.25, -0.2) is 9.59 Å². The first-order valence-corrected chi connectivity index (χ1v) is 7.62. The number of benzene rings is 1. The van der Waals surface area contributed by atoms with Crippen LogP contribution in [0.2, 0.25) is 0 Å². The van der Waals surface area contributed by atoms with E-state index in [0.717, 1.165) is 10.5 Å². The second-order valence-electron chi connectivity index (χ2n) is 6.41. The SMILES string of the molecule is CC(C)(C)OC(=O)CC1C(=O)OCN1C(=O)OCc1ccccc1. The number of carbonyl (C=O) groups excluding carboxylic acids is 3. The maximum Gasteiger partial charge on any atom is 0.413 e. The Labute approximate surface area is 140 Å². The van der Waals surface area contributed by atoms with Crippen LogP contribution in [0.15, 0.2) is 30.3 Å². The number of nitrogens with zero attached hydrogens (tertiary/aromatic N) is 1. The van der Waals surface area contributed by atoms with Crippen LogP contribution in [0.25, 0.3) is 0 Å². The molecule has 1 aliphatic heterocycles. The summed E-state index contributed by atoms with van der Waals surface area (Å²) in [5.74, 6) is -1.22. The molecule has 0 spiro atoms. The Balaban J connectivity index is 1.93. The maximum absolute atomic E-state index is 12.2. The summed E-state index contributed by atoms with van der Waals surface area (Å²) in [6, 6.07) is 8.13. The number of cyclic esters (lactones) is 1. The van der Waals surface area contributed by atoms with Gasteiger partial charge in [0, 0.05) is 0 Å². The second-order valence-corrected chi connectivity index (χ2v) is 6.41. The van der Waals surface area contributed by atoms with E-state index in [1.165, 1.54) is 0 Å². The lowest BCUT2D eigenvalue weighted by Gasteiger charge is -2.22. The van der Waals surface area contributed by atoms with Crippen LogP contribution in [0, 0.1) is 0 Å². The average Bonchev–Trinajstić information content (AvgIpc) is 2.85. The number of ether oxygens (including phenoxy) is 3. The zero-order chi connectivity index (χ0) is 17.7. The quantitative estimate of drug-likeness (QED) is 0.620. The minimum atomic E-state index is -1.02. The number of hydrogen-bond donors (Lipinski definition) is 0. The van der Waals surface area contributed by atoms with Crippen molar-refractivity contribution in [2.24, 2.45) is 0 Å². The number of rotatable bonds is 4. The molecule has 1 saturated heterocycles. The lowest BCUT2D eigenvalue weighted by atomic mass is 10.1. The smallest absolute Gasteiger partial charge is 0.413 e. The third kappa shape index (κ3) is 4.97. The van der Waals surface area contributed by atoms with Crippen LogP contribution in [-0.2, 0) is 30.4 Å². The summed E-state index contributed by atoms with van der Waals surface area (Å²) in [4.78, 5) is 36.9. The normalized spacial score (nSPS) is 17.4. The molecule has 1 aromatic rings. The van der Waals surface area contributed by atoms with Gasteiger partial charge < -0.3 is 14.2 Å². The lowest BCUT2D eigenvalue weighted by Crippen LogP contribution is -2.41. The van der Waals surface area contributed by atoms with Crippen LogP contribution in [0.3, 0.4) is 0 Å². The van der Waals surface area contributed by atoms with E-state index < -0.39 is 29.7 Å². The second kappa shape index (κ2) is 7.33. The van der Waals surface area contributed by atoms with E-state index in [0.29, 0.717) is 0 Å². The molecule has 1 amide bonds. The number of amides is 1. The fourth-order valence-electron chi connectivity index (χ4n) is 2.16. The van der Waals surface area contributed by atoms with Crippen LogP contribution in [0.4, 0.5) is 4.79 Å². The molecular formula is C17H21NO6. The molecule has 0 aromatic heterocycles. The molecule has 1 fully saturated rings. The molecule has 0 radical (unpaired) electrons. The van der Waals surface area contributed by atoms with E-state index >= 15 is 0 Å². The molecule has 1 aliphatic rings. The van der Waals surface area contributed by atoms with E-state index in [2.05, 4.69) is 0 Å². The standard InChI is InChI=1S/C17H21NO6/c1-17(2,3)24-14(19)9-13-15(20)23-11-18(13)16(21)22-10-12-7-5-4-6-8-12/h4-8,13H,9-11H2,1-3H3. The maximum atomic E-state index is 12.2. The van der Waals surface area contributed by atoms with Gasteiger partial charge in [-0.2, -0.15) is 0 Å². The third-order valence-corrected chi connectivity index (χ3v) is 3.21. The molecule has 7 heteroatoms. The Morgan fingerprint density at radius 1 is 1.25 bits per heavy atom. The predicted molar refractivity (Wildman–Crippen MR) is 83.7 cm³/mol. The van der Waals surface area contributed by atoms with Crippen molar-refractivity contribution in [3.8, 4) is 0 Å². The van der Waals surface area contributed by atoms with Crippen LogP contribution in [0.5, 0.6) is 0 Å². The molecule has 1 atom stereocenters. The van der Waals surface area contributed by atoms with Gasteiger partial charge in [-0.15, -0.1) is 0 Å². The van der Waals surface area contributed by atoms with Gasteiger partial charge in [0.25, 0.3) is 0 Å². The highest BCUT2D eigenvalue weighted by Crippen LogP contribution is 2.19. The van der Waals surface area contributed by atoms with Crippen molar-refractivity contribution in [3.05, 3.63) is 35.9 Å². The Bertz CT molecular complexity index is 607. The molecule has 7 nitrogen and oxygen atoms in total. The van der Waals surface area contributed by atoms with Gasteiger partial charge in [0.2, 0.25) is 0 Å². The van der Waals surface area contributed by atoms with Gasteiger partial charge >= 0.3 is 18.0 Å². The lowest BCUT2D eigenvalue weighted by molar-refractivity contribution is -0.157. The third-order valence-electron chi connectivity index (χ3n) is 3.21. The van der Waals surface area contributed by atoms with Crippen molar-refractivity contribution in [2.45, 2.75) is 45.4 Å². The van der Waals surface area contributed by atoms with E-state index in [1.807, 2.05) is 30.3 Å². The molecular weight excluding hydrogens is 314 g/mol. The summed E-state index contributed by atoms with van der Waals surface area (Å²) in [6.45, 7) is 5.01. The molecule has 0 bridgehead atoms. The first-order valence-electron chi connectivity index (χ1n) is 7.62. The van der Waals surface area contributed by atoms with Gasteiger partial charge in [0.15, 0.2) is 6.73 Å². The van der Waals surface area contributed by atoms with Gasteiger partial charge in [-0.05, 0) is 26.3 Å². The monoisotopic (exact) mass is 335 g/mol. The molecule has 1 unspecified atom stereocenters. The van der Waals surface area contributed by atoms with Gasteiger partial charge in [0.1, 0.15) is 18.2 Å². The predicted octanol–water partition coefficient (Wildman–Crippen LogP) is 2.24. The fourth-order valence-corrected chi connectivity index (χ4v) is 2.16. The molecule has 130 valence electrons. The number of esters is 2.